The zero-order chi connectivity index (χ0) is 20.3. The first-order valence-electron chi connectivity index (χ1n) is 8.76. The van der Waals surface area contributed by atoms with Crippen molar-refractivity contribution in [3.8, 4) is 6.07 Å². The maximum absolute atomic E-state index is 12.5. The number of aromatic carboxylic acids is 1. The number of fused-ring (bicyclic) bond motifs is 1. The van der Waals surface area contributed by atoms with Crippen molar-refractivity contribution >= 4 is 34.5 Å². The first-order chi connectivity index (χ1) is 13.4. The van der Waals surface area contributed by atoms with E-state index in [0.29, 0.717) is 5.69 Å². The van der Waals surface area contributed by atoms with Crippen LogP contribution < -0.4 is 5.32 Å². The molecule has 0 bridgehead atoms. The number of hydrogen-bond donors (Lipinski definition) is 2. The zero-order valence-electron chi connectivity index (χ0n) is 15.5. The Morgan fingerprint density at radius 1 is 1.18 bits per heavy atom. The topological polar surface area (TPSA) is 95.1 Å². The highest BCUT2D eigenvalue weighted by atomic mass is 16.4. The lowest BCUT2D eigenvalue weighted by atomic mass is 10.1. The predicted molar refractivity (Wildman–Crippen MR) is 108 cm³/mol. The van der Waals surface area contributed by atoms with E-state index in [-0.39, 0.29) is 17.2 Å². The van der Waals surface area contributed by atoms with Gasteiger partial charge in [0.15, 0.2) is 0 Å². The van der Waals surface area contributed by atoms with Gasteiger partial charge in [0, 0.05) is 34.4 Å². The van der Waals surface area contributed by atoms with Crippen molar-refractivity contribution in [1.29, 1.82) is 5.26 Å². The monoisotopic (exact) mass is 373 g/mol. The summed E-state index contributed by atoms with van der Waals surface area (Å²) in [7, 11) is 0. The number of nitrogens with one attached hydrogen (secondary N) is 1. The fraction of sp³-hybridized carbons (Fsp3) is 0.136. The largest absolute Gasteiger partial charge is 0.478 e. The number of carbonyl (C=O) groups excluding carboxylic acids is 1. The van der Waals surface area contributed by atoms with Crippen LogP contribution in [0.25, 0.3) is 17.0 Å². The van der Waals surface area contributed by atoms with Crippen LogP contribution in [-0.2, 0) is 4.79 Å². The molecule has 0 radical (unpaired) electrons. The molecule has 0 fully saturated rings. The van der Waals surface area contributed by atoms with Gasteiger partial charge in [-0.3, -0.25) is 4.79 Å². The molecule has 0 atom stereocenters. The average Bonchev–Trinajstić information content (AvgIpc) is 3.05. The third-order valence-electron chi connectivity index (χ3n) is 4.36. The molecule has 3 aromatic rings. The zero-order valence-corrected chi connectivity index (χ0v) is 15.5. The molecule has 0 aliphatic carbocycles. The summed E-state index contributed by atoms with van der Waals surface area (Å²) in [5.74, 6) is -1.68. The Labute approximate surface area is 162 Å². The smallest absolute Gasteiger partial charge is 0.335 e. The van der Waals surface area contributed by atoms with Crippen LogP contribution in [0, 0.1) is 11.3 Å². The number of rotatable bonds is 5. The van der Waals surface area contributed by atoms with Gasteiger partial charge in [-0.1, -0.05) is 24.3 Å². The Bertz CT molecular complexity index is 1130. The van der Waals surface area contributed by atoms with E-state index in [1.54, 1.807) is 12.1 Å². The molecule has 1 aromatic heterocycles. The van der Waals surface area contributed by atoms with Gasteiger partial charge in [-0.05, 0) is 44.2 Å². The highest BCUT2D eigenvalue weighted by molar-refractivity contribution is 6.11. The number of para-hydroxylation sites is 1. The summed E-state index contributed by atoms with van der Waals surface area (Å²) in [5.41, 5.74) is 2.11. The van der Waals surface area contributed by atoms with Crippen LogP contribution in [0.5, 0.6) is 0 Å². The molecule has 0 aliphatic heterocycles. The number of carboxylic acid groups (broad SMARTS) is 1. The Hall–Kier alpha value is -3.85. The SMILES string of the molecule is CC(C)n1cc(/C=C(/C#N)C(=O)Nc2cccc(C(=O)O)c2)c2ccccc21. The van der Waals surface area contributed by atoms with Crippen molar-refractivity contribution in [1.82, 2.24) is 4.57 Å². The first kappa shape index (κ1) is 18.9. The molecule has 0 saturated heterocycles. The molecule has 140 valence electrons. The minimum atomic E-state index is -1.09. The van der Waals surface area contributed by atoms with Crippen LogP contribution in [0.3, 0.4) is 0 Å². The molecule has 2 N–H and O–H groups in total. The number of nitriles is 1. The maximum atomic E-state index is 12.5. The number of nitrogens with zero attached hydrogens (tertiary/aromatic N) is 2. The summed E-state index contributed by atoms with van der Waals surface area (Å²) in [6, 6.07) is 15.8. The normalized spacial score (nSPS) is 11.4. The van der Waals surface area contributed by atoms with Gasteiger partial charge in [0.1, 0.15) is 11.6 Å². The van der Waals surface area contributed by atoms with Gasteiger partial charge in [-0.25, -0.2) is 4.79 Å². The van der Waals surface area contributed by atoms with Crippen molar-refractivity contribution in [2.75, 3.05) is 5.32 Å². The van der Waals surface area contributed by atoms with Gasteiger partial charge < -0.3 is 15.0 Å². The van der Waals surface area contributed by atoms with E-state index >= 15 is 0 Å². The molecule has 1 heterocycles. The summed E-state index contributed by atoms with van der Waals surface area (Å²) in [5, 5.41) is 22.1. The molecule has 28 heavy (non-hydrogen) atoms. The number of aromatic nitrogens is 1. The van der Waals surface area contributed by atoms with Crippen LogP contribution in [0.4, 0.5) is 5.69 Å². The van der Waals surface area contributed by atoms with Crippen molar-refractivity contribution in [2.45, 2.75) is 19.9 Å². The number of amides is 1. The number of hydrogen-bond acceptors (Lipinski definition) is 3. The molecule has 6 nitrogen and oxygen atoms in total. The van der Waals surface area contributed by atoms with E-state index < -0.39 is 11.9 Å². The molecule has 0 aliphatic rings. The third kappa shape index (κ3) is 3.79. The van der Waals surface area contributed by atoms with Crippen LogP contribution in [0.1, 0.15) is 35.8 Å². The highest BCUT2D eigenvalue weighted by Crippen LogP contribution is 2.26. The van der Waals surface area contributed by atoms with Gasteiger partial charge >= 0.3 is 5.97 Å². The predicted octanol–water partition coefficient (Wildman–Crippen LogP) is 4.47. The number of anilines is 1. The molecular formula is C22H19N3O3. The Balaban J connectivity index is 1.96. The second-order valence-electron chi connectivity index (χ2n) is 6.61. The molecule has 6 heteroatoms. The molecule has 3 rings (SSSR count). The standard InChI is InChI=1S/C22H19N3O3/c1-14(2)25-13-17(19-8-3-4-9-20(19)25)10-16(12-23)21(26)24-18-7-5-6-15(11-18)22(27)28/h3-11,13-14H,1-2H3,(H,24,26)(H,27,28)/b16-10-. The van der Waals surface area contributed by atoms with Crippen LogP contribution in [0.15, 0.2) is 60.3 Å². The average molecular weight is 373 g/mol. The summed E-state index contributed by atoms with van der Waals surface area (Å²) in [6.45, 7) is 4.13. The fourth-order valence-corrected chi connectivity index (χ4v) is 3.01. The highest BCUT2D eigenvalue weighted by Gasteiger charge is 2.14. The van der Waals surface area contributed by atoms with E-state index in [4.69, 9.17) is 5.11 Å². The van der Waals surface area contributed by atoms with E-state index in [2.05, 4.69) is 23.7 Å². The van der Waals surface area contributed by atoms with E-state index in [9.17, 15) is 14.9 Å². The van der Waals surface area contributed by atoms with Crippen molar-refractivity contribution in [2.24, 2.45) is 0 Å². The minimum Gasteiger partial charge on any atom is -0.478 e. The molecule has 0 spiro atoms. The number of carboxylic acids is 1. The molecule has 0 unspecified atom stereocenters. The van der Waals surface area contributed by atoms with Gasteiger partial charge in [-0.15, -0.1) is 0 Å². The van der Waals surface area contributed by atoms with Gasteiger partial charge in [-0.2, -0.15) is 5.26 Å². The number of benzene rings is 2. The Morgan fingerprint density at radius 2 is 1.93 bits per heavy atom. The Morgan fingerprint density at radius 3 is 2.61 bits per heavy atom. The van der Waals surface area contributed by atoms with E-state index in [0.717, 1.165) is 16.5 Å². The summed E-state index contributed by atoms with van der Waals surface area (Å²) in [4.78, 5) is 23.6. The maximum Gasteiger partial charge on any atom is 0.335 e. The summed E-state index contributed by atoms with van der Waals surface area (Å²) in [6.07, 6.45) is 3.47. The lowest BCUT2D eigenvalue weighted by molar-refractivity contribution is -0.112. The van der Waals surface area contributed by atoms with Crippen LogP contribution in [0.2, 0.25) is 0 Å². The van der Waals surface area contributed by atoms with E-state index in [1.165, 1.54) is 18.2 Å². The number of carbonyl (C=O) groups is 2. The van der Waals surface area contributed by atoms with Crippen molar-refractivity contribution in [3.05, 3.63) is 71.4 Å². The lowest BCUT2D eigenvalue weighted by Gasteiger charge is -2.08. The minimum absolute atomic E-state index is 0.0558. The quantitative estimate of drug-likeness (QED) is 0.510. The fourth-order valence-electron chi connectivity index (χ4n) is 3.01. The van der Waals surface area contributed by atoms with Gasteiger partial charge in [0.2, 0.25) is 0 Å². The Kier molecular flexibility index (Phi) is 5.28. The van der Waals surface area contributed by atoms with Gasteiger partial charge in [0.25, 0.3) is 5.91 Å². The second-order valence-corrected chi connectivity index (χ2v) is 6.61. The van der Waals surface area contributed by atoms with Crippen molar-refractivity contribution < 1.29 is 14.7 Å². The third-order valence-corrected chi connectivity index (χ3v) is 4.36. The second kappa shape index (κ2) is 7.80. The summed E-state index contributed by atoms with van der Waals surface area (Å²) < 4.78 is 2.09. The van der Waals surface area contributed by atoms with Crippen LogP contribution >= 0.6 is 0 Å². The first-order valence-corrected chi connectivity index (χ1v) is 8.76. The summed E-state index contributed by atoms with van der Waals surface area (Å²) >= 11 is 0. The molecule has 0 saturated carbocycles. The van der Waals surface area contributed by atoms with Crippen molar-refractivity contribution in [3.63, 3.8) is 0 Å². The van der Waals surface area contributed by atoms with Crippen LogP contribution in [-0.4, -0.2) is 21.6 Å². The lowest BCUT2D eigenvalue weighted by Crippen LogP contribution is -2.13. The van der Waals surface area contributed by atoms with Gasteiger partial charge in [0.05, 0.1) is 5.56 Å². The molecule has 2 aromatic carbocycles. The molecular weight excluding hydrogens is 354 g/mol. The van der Waals surface area contributed by atoms with E-state index in [1.807, 2.05) is 36.5 Å². The molecule has 1 amide bonds.